The van der Waals surface area contributed by atoms with Crippen LogP contribution in [0.15, 0.2) is 33.5 Å². The van der Waals surface area contributed by atoms with Crippen molar-refractivity contribution in [2.24, 2.45) is 5.92 Å². The molecule has 1 aliphatic carbocycles. The van der Waals surface area contributed by atoms with E-state index in [0.29, 0.717) is 29.8 Å². The summed E-state index contributed by atoms with van der Waals surface area (Å²) in [5, 5.41) is 0.873. The highest BCUT2D eigenvalue weighted by Gasteiger charge is 2.45. The van der Waals surface area contributed by atoms with Crippen molar-refractivity contribution < 1.29 is 18.7 Å². The van der Waals surface area contributed by atoms with Crippen molar-refractivity contribution in [2.45, 2.75) is 50.7 Å². The number of nitrogens with zero attached hydrogens (tertiary/aromatic N) is 1. The Hall–Kier alpha value is -2.34. The molecule has 2 aromatic rings. The number of benzene rings is 1. The van der Waals surface area contributed by atoms with Gasteiger partial charge in [-0.3, -0.25) is 9.69 Å². The van der Waals surface area contributed by atoms with Gasteiger partial charge in [-0.25, -0.2) is 4.79 Å². The summed E-state index contributed by atoms with van der Waals surface area (Å²) in [6, 6.07) is 7.16. The van der Waals surface area contributed by atoms with Crippen LogP contribution in [0.4, 0.5) is 0 Å². The molecule has 27 heavy (non-hydrogen) atoms. The van der Waals surface area contributed by atoms with E-state index in [-0.39, 0.29) is 17.6 Å². The molecule has 3 unspecified atom stereocenters. The van der Waals surface area contributed by atoms with Crippen LogP contribution in [0.5, 0.6) is 5.75 Å². The predicted molar refractivity (Wildman–Crippen MR) is 101 cm³/mol. The van der Waals surface area contributed by atoms with Crippen LogP contribution >= 0.6 is 0 Å². The average molecular weight is 371 g/mol. The second kappa shape index (κ2) is 7.35. The normalized spacial score (nSPS) is 25.3. The fourth-order valence-electron chi connectivity index (χ4n) is 4.81. The second-order valence-corrected chi connectivity index (χ2v) is 7.51. The van der Waals surface area contributed by atoms with Gasteiger partial charge in [-0.15, -0.1) is 0 Å². The number of ether oxygens (including phenoxy) is 2. The van der Waals surface area contributed by atoms with E-state index in [2.05, 4.69) is 4.90 Å². The highest BCUT2D eigenvalue weighted by atomic mass is 16.5. The number of carbonyl (C=O) groups is 1. The molecule has 1 aromatic heterocycles. The maximum Gasteiger partial charge on any atom is 0.336 e. The first-order chi connectivity index (χ1) is 13.1. The van der Waals surface area contributed by atoms with Crippen LogP contribution in [-0.2, 0) is 16.1 Å². The van der Waals surface area contributed by atoms with E-state index in [1.165, 1.54) is 20.0 Å². The number of carbonyl (C=O) groups excluding carboxylic acids is 1. The van der Waals surface area contributed by atoms with E-state index in [1.807, 2.05) is 12.1 Å². The zero-order valence-corrected chi connectivity index (χ0v) is 15.8. The number of likely N-dealkylation sites (tertiary alicyclic amines) is 1. The number of rotatable bonds is 4. The Balaban J connectivity index is 1.72. The zero-order chi connectivity index (χ0) is 19.0. The molecule has 1 saturated carbocycles. The SMILES string of the molecule is COC(=O)C1CC2CCCCC2N1Cc1cc(=O)oc2cc(OC)ccc12. The minimum Gasteiger partial charge on any atom is -0.497 e. The highest BCUT2D eigenvalue weighted by Crippen LogP contribution is 2.41. The van der Waals surface area contributed by atoms with E-state index >= 15 is 0 Å². The van der Waals surface area contributed by atoms with Gasteiger partial charge in [-0.1, -0.05) is 12.8 Å². The molecule has 1 aromatic carbocycles. The molecule has 1 saturated heterocycles. The minimum atomic E-state index is -0.389. The van der Waals surface area contributed by atoms with Crippen molar-refractivity contribution in [3.8, 4) is 5.75 Å². The number of hydrogen-bond acceptors (Lipinski definition) is 6. The zero-order valence-electron chi connectivity index (χ0n) is 15.8. The molecule has 0 radical (unpaired) electrons. The monoisotopic (exact) mass is 371 g/mol. The Morgan fingerprint density at radius 2 is 2.04 bits per heavy atom. The summed E-state index contributed by atoms with van der Waals surface area (Å²) in [6.07, 6.45) is 5.49. The van der Waals surface area contributed by atoms with Crippen LogP contribution in [0.3, 0.4) is 0 Å². The Labute approximate surface area is 158 Å². The summed E-state index contributed by atoms with van der Waals surface area (Å²) in [5.74, 6) is 0.983. The lowest BCUT2D eigenvalue weighted by Gasteiger charge is -2.33. The van der Waals surface area contributed by atoms with Crippen LogP contribution in [-0.4, -0.2) is 37.2 Å². The standard InChI is InChI=1S/C21H25NO5/c1-25-15-7-8-16-14(10-20(23)27-19(16)11-15)12-22-17-6-4-3-5-13(17)9-18(22)21(24)26-2/h7-8,10-11,13,17-18H,3-6,9,12H2,1-2H3. The number of fused-ring (bicyclic) bond motifs is 2. The molecular weight excluding hydrogens is 346 g/mol. The summed E-state index contributed by atoms with van der Waals surface area (Å²) in [5.41, 5.74) is 0.995. The maximum atomic E-state index is 12.4. The molecule has 6 nitrogen and oxygen atoms in total. The molecule has 1 aliphatic heterocycles. The second-order valence-electron chi connectivity index (χ2n) is 7.51. The highest BCUT2D eigenvalue weighted by molar-refractivity contribution is 5.82. The van der Waals surface area contributed by atoms with Crippen LogP contribution in [0, 0.1) is 5.92 Å². The largest absolute Gasteiger partial charge is 0.497 e. The van der Waals surface area contributed by atoms with Gasteiger partial charge in [0.05, 0.1) is 14.2 Å². The van der Waals surface area contributed by atoms with Gasteiger partial charge in [-0.05, 0) is 42.9 Å². The quantitative estimate of drug-likeness (QED) is 0.608. The van der Waals surface area contributed by atoms with Crippen molar-refractivity contribution in [2.75, 3.05) is 14.2 Å². The van der Waals surface area contributed by atoms with Crippen molar-refractivity contribution >= 4 is 16.9 Å². The molecule has 0 amide bonds. The predicted octanol–water partition coefficient (Wildman–Crippen LogP) is 3.11. The lowest BCUT2D eigenvalue weighted by atomic mass is 9.84. The summed E-state index contributed by atoms with van der Waals surface area (Å²) < 4.78 is 15.7. The molecule has 0 N–H and O–H groups in total. The van der Waals surface area contributed by atoms with Gasteiger partial charge in [0.25, 0.3) is 0 Å². The van der Waals surface area contributed by atoms with Crippen LogP contribution in [0.25, 0.3) is 11.0 Å². The van der Waals surface area contributed by atoms with Gasteiger partial charge >= 0.3 is 11.6 Å². The van der Waals surface area contributed by atoms with E-state index in [1.54, 1.807) is 19.2 Å². The van der Waals surface area contributed by atoms with Gasteiger partial charge in [-0.2, -0.15) is 0 Å². The maximum absolute atomic E-state index is 12.4. The van der Waals surface area contributed by atoms with E-state index in [9.17, 15) is 9.59 Å². The molecule has 2 heterocycles. The molecule has 6 heteroatoms. The van der Waals surface area contributed by atoms with Crippen molar-refractivity contribution in [3.05, 3.63) is 40.2 Å². The van der Waals surface area contributed by atoms with Gasteiger partial charge < -0.3 is 13.9 Å². The van der Waals surface area contributed by atoms with Crippen molar-refractivity contribution in [1.29, 1.82) is 0 Å². The lowest BCUT2D eigenvalue weighted by molar-refractivity contribution is -0.146. The number of esters is 1. The third-order valence-corrected chi connectivity index (χ3v) is 6.08. The molecule has 144 valence electrons. The molecule has 0 spiro atoms. The van der Waals surface area contributed by atoms with E-state index < -0.39 is 0 Å². The van der Waals surface area contributed by atoms with Crippen LogP contribution in [0.2, 0.25) is 0 Å². The number of methoxy groups -OCH3 is 2. The molecule has 2 aliphatic rings. The molecule has 2 fully saturated rings. The summed E-state index contributed by atoms with van der Waals surface area (Å²) in [7, 11) is 3.03. The Morgan fingerprint density at radius 1 is 1.22 bits per heavy atom. The van der Waals surface area contributed by atoms with Gasteiger partial charge in [0, 0.05) is 30.1 Å². The summed E-state index contributed by atoms with van der Waals surface area (Å²) in [4.78, 5) is 26.8. The van der Waals surface area contributed by atoms with E-state index in [4.69, 9.17) is 13.9 Å². The fourth-order valence-corrected chi connectivity index (χ4v) is 4.81. The first kappa shape index (κ1) is 18.0. The van der Waals surface area contributed by atoms with Crippen LogP contribution in [0.1, 0.15) is 37.7 Å². The third-order valence-electron chi connectivity index (χ3n) is 6.08. The Kier molecular flexibility index (Phi) is 4.91. The summed E-state index contributed by atoms with van der Waals surface area (Å²) in [6.45, 7) is 0.537. The van der Waals surface area contributed by atoms with Gasteiger partial charge in [0.1, 0.15) is 17.4 Å². The van der Waals surface area contributed by atoms with Crippen molar-refractivity contribution in [3.63, 3.8) is 0 Å². The average Bonchev–Trinajstić information content (AvgIpc) is 3.05. The molecule has 4 rings (SSSR count). The topological polar surface area (TPSA) is 69.0 Å². The van der Waals surface area contributed by atoms with E-state index in [0.717, 1.165) is 30.2 Å². The number of hydrogen-bond donors (Lipinski definition) is 0. The minimum absolute atomic E-state index is 0.182. The third kappa shape index (κ3) is 3.34. The van der Waals surface area contributed by atoms with Crippen molar-refractivity contribution in [1.82, 2.24) is 4.90 Å². The first-order valence-electron chi connectivity index (χ1n) is 9.55. The molecule has 0 bridgehead atoms. The molecular formula is C21H25NO5. The van der Waals surface area contributed by atoms with Gasteiger partial charge in [0.2, 0.25) is 0 Å². The van der Waals surface area contributed by atoms with Gasteiger partial charge in [0.15, 0.2) is 0 Å². The smallest absolute Gasteiger partial charge is 0.336 e. The Bertz CT molecular complexity index is 905. The fraction of sp³-hybridized carbons (Fsp3) is 0.524. The Morgan fingerprint density at radius 3 is 2.81 bits per heavy atom. The lowest BCUT2D eigenvalue weighted by Crippen LogP contribution is -2.42. The summed E-state index contributed by atoms with van der Waals surface area (Å²) >= 11 is 0. The molecule has 3 atom stereocenters. The van der Waals surface area contributed by atoms with Crippen LogP contribution < -0.4 is 10.4 Å². The first-order valence-corrected chi connectivity index (χ1v) is 9.55.